The number of phenolic OH excluding ortho intramolecular Hbond substituents is 1. The van der Waals surface area contributed by atoms with E-state index in [0.717, 1.165) is 41.9 Å². The molecule has 4 aromatic rings. The van der Waals surface area contributed by atoms with E-state index in [0.29, 0.717) is 67.6 Å². The summed E-state index contributed by atoms with van der Waals surface area (Å²) in [4.78, 5) is 26.6. The molecule has 1 atom stereocenters. The molecule has 298 valence electrons. The van der Waals surface area contributed by atoms with E-state index in [1.807, 2.05) is 46.7 Å². The van der Waals surface area contributed by atoms with Gasteiger partial charge in [-0.2, -0.15) is 0 Å². The van der Waals surface area contributed by atoms with E-state index in [2.05, 4.69) is 81.7 Å². The number of likely N-dealkylation sites (tertiary alicyclic amines) is 1. The first-order valence-electron chi connectivity index (χ1n) is 19.7. The van der Waals surface area contributed by atoms with Crippen LogP contribution in [0, 0.1) is 5.82 Å². The van der Waals surface area contributed by atoms with E-state index in [9.17, 15) is 9.90 Å². The summed E-state index contributed by atoms with van der Waals surface area (Å²) < 4.78 is 29.9. The van der Waals surface area contributed by atoms with Gasteiger partial charge >= 0.3 is 0 Å². The Morgan fingerprint density at radius 2 is 1.84 bits per heavy atom. The number of amides is 1. The van der Waals surface area contributed by atoms with E-state index in [1.54, 1.807) is 23.6 Å². The third-order valence-corrected chi connectivity index (χ3v) is 17.6. The number of thiazole rings is 1. The SMILES string of the molecule is CC(C)c1nc(C(=O)N2CCOC3(CCN(Cc4cccc(C(C)(C)CNC[C@H](O[Si](C)(C)C(C)(C)C)c5ccc(O)c6ncccc56)c4F)CC3)C2)cs1. The first-order valence-corrected chi connectivity index (χ1v) is 23.5. The molecular weight excluding hydrogens is 730 g/mol. The Labute approximate surface area is 331 Å². The number of aromatic nitrogens is 2. The van der Waals surface area contributed by atoms with Crippen LogP contribution in [0.1, 0.15) is 106 Å². The molecular formula is C43H60FN5O4SSi. The van der Waals surface area contributed by atoms with E-state index in [1.165, 1.54) is 0 Å². The number of benzene rings is 2. The van der Waals surface area contributed by atoms with Gasteiger partial charge < -0.3 is 24.5 Å². The molecule has 12 heteroatoms. The smallest absolute Gasteiger partial charge is 0.273 e. The molecule has 1 amide bonds. The van der Waals surface area contributed by atoms with Gasteiger partial charge in [0, 0.05) is 73.1 Å². The number of pyridine rings is 1. The van der Waals surface area contributed by atoms with Crippen molar-refractivity contribution >= 4 is 36.5 Å². The van der Waals surface area contributed by atoms with Gasteiger partial charge in [0.1, 0.15) is 22.8 Å². The predicted molar refractivity (Wildman–Crippen MR) is 222 cm³/mol. The molecule has 2 saturated heterocycles. The van der Waals surface area contributed by atoms with Crippen LogP contribution >= 0.6 is 11.3 Å². The molecule has 0 bridgehead atoms. The lowest BCUT2D eigenvalue weighted by atomic mass is 9.83. The number of phenols is 1. The zero-order valence-electron chi connectivity index (χ0n) is 34.2. The molecule has 0 aliphatic carbocycles. The van der Waals surface area contributed by atoms with Crippen LogP contribution in [0.3, 0.4) is 0 Å². The standard InChI is InChI=1S/C43H60FN5O4SSi/c1-29(2)39-47-34(26-54-39)40(51)49-22-23-52-43(28-49)17-20-48(21-18-43)25-30-12-10-14-33(37(30)44)42(6,7)27-45-24-36(53-55(8,9)41(3,4)5)31-15-16-35(50)38-32(31)13-11-19-46-38/h10-16,19,26,29,36,45,50H,17-18,20-25,27-28H2,1-9H3/t36-/m0/s1. The first-order chi connectivity index (χ1) is 25.9. The molecule has 2 aliphatic heterocycles. The Bertz CT molecular complexity index is 1970. The largest absolute Gasteiger partial charge is 0.506 e. The highest BCUT2D eigenvalue weighted by atomic mass is 32.1. The van der Waals surface area contributed by atoms with Gasteiger partial charge in [0.25, 0.3) is 5.91 Å². The van der Waals surface area contributed by atoms with Crippen LogP contribution in [0.25, 0.3) is 10.9 Å². The molecule has 6 rings (SSSR count). The average Bonchev–Trinajstić information content (AvgIpc) is 3.64. The van der Waals surface area contributed by atoms with Crippen LogP contribution in [-0.2, 0) is 21.1 Å². The van der Waals surface area contributed by atoms with Gasteiger partial charge in [-0.3, -0.25) is 14.7 Å². The van der Waals surface area contributed by atoms with Gasteiger partial charge in [-0.1, -0.05) is 78.8 Å². The highest BCUT2D eigenvalue weighted by Crippen LogP contribution is 2.41. The number of carbonyl (C=O) groups is 1. The quantitative estimate of drug-likeness (QED) is 0.138. The minimum absolute atomic E-state index is 0.00338. The normalized spacial score (nSPS) is 17.7. The van der Waals surface area contributed by atoms with Gasteiger partial charge in [-0.25, -0.2) is 9.37 Å². The summed E-state index contributed by atoms with van der Waals surface area (Å²) in [6, 6.07) is 13.3. The number of aromatic hydroxyl groups is 1. The lowest BCUT2D eigenvalue weighted by molar-refractivity contribution is -0.128. The Hall–Kier alpha value is -3.26. The second kappa shape index (κ2) is 16.3. The number of hydrogen-bond acceptors (Lipinski definition) is 9. The zero-order valence-corrected chi connectivity index (χ0v) is 36.0. The van der Waals surface area contributed by atoms with E-state index >= 15 is 4.39 Å². The predicted octanol–water partition coefficient (Wildman–Crippen LogP) is 8.80. The molecule has 4 heterocycles. The lowest BCUT2D eigenvalue weighted by Gasteiger charge is -2.47. The fourth-order valence-corrected chi connectivity index (χ4v) is 9.62. The molecule has 2 aromatic heterocycles. The van der Waals surface area contributed by atoms with Crippen LogP contribution < -0.4 is 5.32 Å². The minimum atomic E-state index is -2.20. The summed E-state index contributed by atoms with van der Waals surface area (Å²) in [5, 5.41) is 17.9. The number of rotatable bonds is 12. The topological polar surface area (TPSA) is 100 Å². The zero-order chi connectivity index (χ0) is 39.8. The van der Waals surface area contributed by atoms with Crippen molar-refractivity contribution in [2.45, 2.75) is 109 Å². The maximum absolute atomic E-state index is 16.5. The second-order valence-electron chi connectivity index (χ2n) is 18.0. The fraction of sp³-hybridized carbons (Fsp3) is 0.558. The minimum Gasteiger partial charge on any atom is -0.506 e. The van der Waals surface area contributed by atoms with Gasteiger partial charge in [-0.05, 0) is 54.2 Å². The van der Waals surface area contributed by atoms with Crippen LogP contribution in [0.4, 0.5) is 4.39 Å². The number of fused-ring (bicyclic) bond motifs is 1. The van der Waals surface area contributed by atoms with Crippen molar-refractivity contribution in [3.8, 4) is 5.75 Å². The van der Waals surface area contributed by atoms with Crippen LogP contribution in [-0.4, -0.2) is 90.6 Å². The Morgan fingerprint density at radius 1 is 1.09 bits per heavy atom. The van der Waals surface area contributed by atoms with Crippen LogP contribution in [0.5, 0.6) is 5.75 Å². The third kappa shape index (κ3) is 9.15. The number of nitrogens with one attached hydrogen (secondary N) is 1. The van der Waals surface area contributed by atoms with Gasteiger partial charge in [0.2, 0.25) is 0 Å². The monoisotopic (exact) mass is 789 g/mol. The number of halogens is 1. The number of hydrogen-bond donors (Lipinski definition) is 2. The molecule has 1 spiro atoms. The number of ether oxygens (including phenoxy) is 1. The highest BCUT2D eigenvalue weighted by molar-refractivity contribution is 7.09. The highest BCUT2D eigenvalue weighted by Gasteiger charge is 2.42. The maximum Gasteiger partial charge on any atom is 0.273 e. The average molecular weight is 790 g/mol. The van der Waals surface area contributed by atoms with Gasteiger partial charge in [-0.15, -0.1) is 11.3 Å². The molecule has 0 radical (unpaired) electrons. The van der Waals surface area contributed by atoms with Gasteiger partial charge in [0.05, 0.1) is 29.9 Å². The van der Waals surface area contributed by atoms with E-state index in [4.69, 9.17) is 9.16 Å². The van der Waals surface area contributed by atoms with Crippen molar-refractivity contribution in [3.05, 3.63) is 87.3 Å². The molecule has 9 nitrogen and oxygen atoms in total. The van der Waals surface area contributed by atoms with E-state index in [-0.39, 0.29) is 34.2 Å². The van der Waals surface area contributed by atoms with Crippen molar-refractivity contribution in [1.82, 2.24) is 25.1 Å². The lowest BCUT2D eigenvalue weighted by Crippen LogP contribution is -2.58. The molecule has 2 aromatic carbocycles. The van der Waals surface area contributed by atoms with Crippen LogP contribution in [0.2, 0.25) is 18.1 Å². The Kier molecular flexibility index (Phi) is 12.3. The molecule has 2 fully saturated rings. The summed E-state index contributed by atoms with van der Waals surface area (Å²) in [6.07, 6.45) is 2.97. The molecule has 2 N–H and O–H groups in total. The van der Waals surface area contributed by atoms with Crippen LogP contribution in [0.15, 0.2) is 54.0 Å². The summed E-state index contributed by atoms with van der Waals surface area (Å²) in [6.45, 7) is 24.3. The maximum atomic E-state index is 16.5. The van der Waals surface area contributed by atoms with Crippen molar-refractivity contribution in [2.75, 3.05) is 45.9 Å². The van der Waals surface area contributed by atoms with Gasteiger partial charge in [0.15, 0.2) is 8.32 Å². The Morgan fingerprint density at radius 3 is 2.53 bits per heavy atom. The number of carbonyl (C=O) groups excluding carboxylic acids is 1. The van der Waals surface area contributed by atoms with Crippen molar-refractivity contribution in [3.63, 3.8) is 0 Å². The summed E-state index contributed by atoms with van der Waals surface area (Å²) in [7, 11) is -2.20. The molecule has 2 aliphatic rings. The van der Waals surface area contributed by atoms with Crippen molar-refractivity contribution in [2.24, 2.45) is 0 Å². The van der Waals surface area contributed by atoms with E-state index < -0.39 is 13.7 Å². The molecule has 0 saturated carbocycles. The fourth-order valence-electron chi connectivity index (χ4n) is 7.54. The number of nitrogens with zero attached hydrogens (tertiary/aromatic N) is 4. The van der Waals surface area contributed by atoms with Crippen molar-refractivity contribution in [1.29, 1.82) is 0 Å². The summed E-state index contributed by atoms with van der Waals surface area (Å²) in [5.74, 6) is 0.262. The summed E-state index contributed by atoms with van der Waals surface area (Å²) >= 11 is 1.54. The summed E-state index contributed by atoms with van der Waals surface area (Å²) in [5.41, 5.74) is 2.54. The molecule has 0 unspecified atom stereocenters. The van der Waals surface area contributed by atoms with Crippen molar-refractivity contribution < 1.29 is 23.5 Å². The Balaban J connectivity index is 1.10. The third-order valence-electron chi connectivity index (χ3n) is 12.0. The number of morpholine rings is 1. The second-order valence-corrected chi connectivity index (χ2v) is 23.6. The first kappa shape index (κ1) is 41.4. The number of piperidine rings is 1. The molecule has 55 heavy (non-hydrogen) atoms.